The van der Waals surface area contributed by atoms with Crippen molar-refractivity contribution in [2.75, 3.05) is 17.3 Å². The third-order valence-electron chi connectivity index (χ3n) is 2.43. The van der Waals surface area contributed by atoms with Crippen LogP contribution in [0.15, 0.2) is 33.5 Å². The summed E-state index contributed by atoms with van der Waals surface area (Å²) in [5.74, 6) is 0.347. The summed E-state index contributed by atoms with van der Waals surface area (Å²) in [6.45, 7) is 1.99. The zero-order chi connectivity index (χ0) is 15.5. The van der Waals surface area contributed by atoms with Crippen LogP contribution in [0.4, 0.5) is 5.13 Å². The minimum absolute atomic E-state index is 0.00447. The van der Waals surface area contributed by atoms with Crippen molar-refractivity contribution in [1.82, 2.24) is 10.2 Å². The predicted molar refractivity (Wildman–Crippen MR) is 83.8 cm³/mol. The Morgan fingerprint density at radius 1 is 1.33 bits per heavy atom. The number of thioether (sulfide) groups is 1. The van der Waals surface area contributed by atoms with Gasteiger partial charge in [0, 0.05) is 6.26 Å². The van der Waals surface area contributed by atoms with Crippen molar-refractivity contribution in [1.29, 1.82) is 0 Å². The maximum Gasteiger partial charge on any atom is 0.258 e. The molecule has 0 aliphatic carbocycles. The highest BCUT2D eigenvalue weighted by Gasteiger charge is 2.19. The number of benzene rings is 1. The van der Waals surface area contributed by atoms with E-state index in [1.54, 1.807) is 12.1 Å². The molecule has 9 heteroatoms. The number of rotatable bonds is 5. The molecule has 0 bridgehead atoms. The Morgan fingerprint density at radius 2 is 2.05 bits per heavy atom. The molecule has 21 heavy (non-hydrogen) atoms. The number of carbonyl (C=O) groups is 1. The van der Waals surface area contributed by atoms with Crippen LogP contribution in [0.2, 0.25) is 0 Å². The van der Waals surface area contributed by atoms with Crippen molar-refractivity contribution >= 4 is 44.0 Å². The van der Waals surface area contributed by atoms with Gasteiger partial charge in [-0.25, -0.2) is 8.42 Å². The number of nitrogens with one attached hydrogen (secondary N) is 1. The molecule has 1 heterocycles. The van der Waals surface area contributed by atoms with Gasteiger partial charge in [0.25, 0.3) is 5.91 Å². The van der Waals surface area contributed by atoms with Crippen LogP contribution < -0.4 is 5.32 Å². The number of aromatic nitrogens is 2. The molecule has 0 aliphatic rings. The molecule has 2 rings (SSSR count). The summed E-state index contributed by atoms with van der Waals surface area (Å²) in [4.78, 5) is 12.2. The van der Waals surface area contributed by atoms with E-state index in [2.05, 4.69) is 15.5 Å². The van der Waals surface area contributed by atoms with Crippen LogP contribution in [-0.4, -0.2) is 36.5 Å². The second-order valence-electron chi connectivity index (χ2n) is 4.03. The SMILES string of the molecule is CCSc1nnc(NC(=O)c2ccccc2S(C)(=O)=O)s1. The molecular formula is C12H13N3O3S3. The molecule has 0 fully saturated rings. The van der Waals surface area contributed by atoms with Gasteiger partial charge in [0.05, 0.1) is 10.5 Å². The lowest BCUT2D eigenvalue weighted by Crippen LogP contribution is -2.15. The van der Waals surface area contributed by atoms with E-state index in [1.807, 2.05) is 6.92 Å². The number of sulfone groups is 1. The third kappa shape index (κ3) is 4.02. The minimum Gasteiger partial charge on any atom is -0.296 e. The molecule has 6 nitrogen and oxygen atoms in total. The molecule has 0 spiro atoms. The van der Waals surface area contributed by atoms with Crippen molar-refractivity contribution in [3.05, 3.63) is 29.8 Å². The summed E-state index contributed by atoms with van der Waals surface area (Å²) >= 11 is 2.78. The molecule has 2 aromatic rings. The lowest BCUT2D eigenvalue weighted by molar-refractivity contribution is 0.102. The monoisotopic (exact) mass is 343 g/mol. The molecule has 0 saturated heterocycles. The van der Waals surface area contributed by atoms with Gasteiger partial charge in [0.1, 0.15) is 0 Å². The van der Waals surface area contributed by atoms with Crippen molar-refractivity contribution in [2.45, 2.75) is 16.2 Å². The van der Waals surface area contributed by atoms with Gasteiger partial charge in [0.2, 0.25) is 5.13 Å². The summed E-state index contributed by atoms with van der Waals surface area (Å²) < 4.78 is 24.1. The molecule has 0 radical (unpaired) electrons. The van der Waals surface area contributed by atoms with Gasteiger partial charge in [-0.3, -0.25) is 10.1 Å². The van der Waals surface area contributed by atoms with Gasteiger partial charge in [-0.1, -0.05) is 42.2 Å². The molecule has 1 aromatic carbocycles. The molecule has 1 amide bonds. The Labute approximate surface area is 130 Å². The van der Waals surface area contributed by atoms with E-state index >= 15 is 0 Å². The standard InChI is InChI=1S/C12H13N3O3S3/c1-3-19-12-15-14-11(20-12)13-10(16)8-6-4-5-7-9(8)21(2,17)18/h4-7H,3H2,1-2H3,(H,13,14,16). The van der Waals surface area contributed by atoms with Gasteiger partial charge in [-0.15, -0.1) is 10.2 Å². The van der Waals surface area contributed by atoms with E-state index < -0.39 is 15.7 Å². The number of amides is 1. The molecule has 1 aromatic heterocycles. The Hall–Kier alpha value is -1.45. The second kappa shape index (κ2) is 6.54. The first kappa shape index (κ1) is 15.9. The number of carbonyl (C=O) groups excluding carboxylic acids is 1. The van der Waals surface area contributed by atoms with Crippen LogP contribution in [0.1, 0.15) is 17.3 Å². The molecule has 1 N–H and O–H groups in total. The van der Waals surface area contributed by atoms with Crippen LogP contribution in [0.3, 0.4) is 0 Å². The van der Waals surface area contributed by atoms with E-state index in [9.17, 15) is 13.2 Å². The van der Waals surface area contributed by atoms with Crippen molar-refractivity contribution in [3.8, 4) is 0 Å². The van der Waals surface area contributed by atoms with Gasteiger partial charge >= 0.3 is 0 Å². The Morgan fingerprint density at radius 3 is 2.71 bits per heavy atom. The number of nitrogens with zero attached hydrogens (tertiary/aromatic N) is 2. The Balaban J connectivity index is 2.24. The third-order valence-corrected chi connectivity index (χ3v) is 5.43. The summed E-state index contributed by atoms with van der Waals surface area (Å²) in [7, 11) is -3.47. The summed E-state index contributed by atoms with van der Waals surface area (Å²) in [6.07, 6.45) is 1.07. The van der Waals surface area contributed by atoms with Crippen molar-refractivity contribution < 1.29 is 13.2 Å². The van der Waals surface area contributed by atoms with E-state index in [0.717, 1.165) is 16.3 Å². The largest absolute Gasteiger partial charge is 0.296 e. The van der Waals surface area contributed by atoms with Gasteiger partial charge in [-0.05, 0) is 17.9 Å². The normalized spacial score (nSPS) is 11.3. The maximum atomic E-state index is 12.2. The highest BCUT2D eigenvalue weighted by Crippen LogP contribution is 2.26. The van der Waals surface area contributed by atoms with Crippen LogP contribution in [0.5, 0.6) is 0 Å². The predicted octanol–water partition coefficient (Wildman–Crippen LogP) is 2.31. The molecule has 0 aliphatic heterocycles. The second-order valence-corrected chi connectivity index (χ2v) is 8.50. The van der Waals surface area contributed by atoms with Crippen LogP contribution in [0, 0.1) is 0 Å². The zero-order valence-electron chi connectivity index (χ0n) is 11.4. The van der Waals surface area contributed by atoms with E-state index in [0.29, 0.717) is 5.13 Å². The first-order valence-corrected chi connectivity index (χ1v) is 9.68. The van der Waals surface area contributed by atoms with E-state index in [-0.39, 0.29) is 10.5 Å². The lowest BCUT2D eigenvalue weighted by Gasteiger charge is -2.06. The first-order valence-electron chi connectivity index (χ1n) is 5.98. The van der Waals surface area contributed by atoms with E-state index in [4.69, 9.17) is 0 Å². The topological polar surface area (TPSA) is 89.0 Å². The summed E-state index contributed by atoms with van der Waals surface area (Å²) in [6, 6.07) is 6.06. The van der Waals surface area contributed by atoms with Crippen molar-refractivity contribution in [2.24, 2.45) is 0 Å². The minimum atomic E-state index is -3.47. The number of hydrogen-bond donors (Lipinski definition) is 1. The smallest absolute Gasteiger partial charge is 0.258 e. The fourth-order valence-corrected chi connectivity index (χ4v) is 4.11. The van der Waals surface area contributed by atoms with Crippen LogP contribution >= 0.6 is 23.1 Å². The van der Waals surface area contributed by atoms with Gasteiger partial charge in [0.15, 0.2) is 14.2 Å². The number of hydrogen-bond acceptors (Lipinski definition) is 7. The Kier molecular flexibility index (Phi) is 4.96. The fourth-order valence-electron chi connectivity index (χ4n) is 1.58. The highest BCUT2D eigenvalue weighted by molar-refractivity contribution is 8.01. The molecule has 0 saturated carbocycles. The molecule has 0 unspecified atom stereocenters. The van der Waals surface area contributed by atoms with Crippen LogP contribution in [-0.2, 0) is 9.84 Å². The van der Waals surface area contributed by atoms with Crippen LogP contribution in [0.25, 0.3) is 0 Å². The Bertz CT molecular complexity index is 756. The molecule has 112 valence electrons. The van der Waals surface area contributed by atoms with Gasteiger partial charge < -0.3 is 0 Å². The average Bonchev–Trinajstić information content (AvgIpc) is 2.85. The van der Waals surface area contributed by atoms with E-state index in [1.165, 1.54) is 35.2 Å². The zero-order valence-corrected chi connectivity index (χ0v) is 13.8. The fraction of sp³-hybridized carbons (Fsp3) is 0.250. The maximum absolute atomic E-state index is 12.2. The highest BCUT2D eigenvalue weighted by atomic mass is 32.2. The molecular weight excluding hydrogens is 330 g/mol. The summed E-state index contributed by atoms with van der Waals surface area (Å²) in [5.41, 5.74) is 0.0971. The number of anilines is 1. The average molecular weight is 343 g/mol. The van der Waals surface area contributed by atoms with Gasteiger partial charge in [-0.2, -0.15) is 0 Å². The lowest BCUT2D eigenvalue weighted by atomic mass is 10.2. The first-order chi connectivity index (χ1) is 9.91. The quantitative estimate of drug-likeness (QED) is 0.662. The van der Waals surface area contributed by atoms with Crippen molar-refractivity contribution in [3.63, 3.8) is 0 Å². The molecule has 0 atom stereocenters. The summed E-state index contributed by atoms with van der Waals surface area (Å²) in [5, 5.41) is 10.7.